The molecule has 1 amide bonds. The first-order chi connectivity index (χ1) is 9.15. The number of phenols is 1. The van der Waals surface area contributed by atoms with E-state index in [1.807, 2.05) is 30.3 Å². The van der Waals surface area contributed by atoms with Gasteiger partial charge in [-0.25, -0.2) is 0 Å². The first-order valence-electron chi connectivity index (χ1n) is 5.61. The number of thioether (sulfide) groups is 1. The maximum absolute atomic E-state index is 11.8. The molecule has 98 valence electrons. The number of anilines is 1. The van der Waals surface area contributed by atoms with E-state index in [-0.39, 0.29) is 17.4 Å². The van der Waals surface area contributed by atoms with E-state index < -0.39 is 0 Å². The average Bonchev–Trinajstić information content (AvgIpc) is 2.38. The molecule has 0 fully saturated rings. The Morgan fingerprint density at radius 2 is 2.00 bits per heavy atom. The van der Waals surface area contributed by atoms with Gasteiger partial charge in [-0.05, 0) is 30.3 Å². The molecule has 2 N–H and O–H groups in total. The van der Waals surface area contributed by atoms with Crippen molar-refractivity contribution in [3.05, 3.63) is 53.0 Å². The standard InChI is InChI=1S/C14H12BrNO2S/c15-10-4-3-5-11(8-10)16-14(18)9-19-13-7-2-1-6-12(13)17/h1-8,17H,9H2,(H,16,18). The quantitative estimate of drug-likeness (QED) is 0.832. The van der Waals surface area contributed by atoms with Crippen molar-refractivity contribution < 1.29 is 9.90 Å². The fourth-order valence-electron chi connectivity index (χ4n) is 1.49. The fraction of sp³-hybridized carbons (Fsp3) is 0.0714. The smallest absolute Gasteiger partial charge is 0.234 e. The number of hydrogen-bond donors (Lipinski definition) is 2. The monoisotopic (exact) mass is 337 g/mol. The predicted octanol–water partition coefficient (Wildman–Crippen LogP) is 3.89. The molecule has 5 heteroatoms. The van der Waals surface area contributed by atoms with E-state index in [1.54, 1.807) is 18.2 Å². The third-order valence-electron chi connectivity index (χ3n) is 2.33. The molecule has 0 saturated carbocycles. The van der Waals surface area contributed by atoms with Crippen molar-refractivity contribution in [2.45, 2.75) is 4.90 Å². The van der Waals surface area contributed by atoms with Gasteiger partial charge in [-0.3, -0.25) is 4.79 Å². The van der Waals surface area contributed by atoms with Crippen LogP contribution in [0.5, 0.6) is 5.75 Å². The van der Waals surface area contributed by atoms with Crippen molar-refractivity contribution in [1.29, 1.82) is 0 Å². The number of halogens is 1. The Morgan fingerprint density at radius 3 is 2.74 bits per heavy atom. The van der Waals surface area contributed by atoms with Crippen LogP contribution in [-0.4, -0.2) is 16.8 Å². The Hall–Kier alpha value is -1.46. The molecule has 0 aliphatic rings. The largest absolute Gasteiger partial charge is 0.507 e. The van der Waals surface area contributed by atoms with E-state index in [2.05, 4.69) is 21.2 Å². The summed E-state index contributed by atoms with van der Waals surface area (Å²) < 4.78 is 0.915. The van der Waals surface area contributed by atoms with Gasteiger partial charge in [0.15, 0.2) is 0 Å². The van der Waals surface area contributed by atoms with Crippen LogP contribution >= 0.6 is 27.7 Å². The van der Waals surface area contributed by atoms with Crippen molar-refractivity contribution in [2.75, 3.05) is 11.1 Å². The summed E-state index contributed by atoms with van der Waals surface area (Å²) in [5.74, 6) is 0.346. The second-order valence-corrected chi connectivity index (χ2v) is 5.75. The third-order valence-corrected chi connectivity index (χ3v) is 3.89. The molecule has 0 aliphatic carbocycles. The third kappa shape index (κ3) is 4.29. The van der Waals surface area contributed by atoms with Crippen molar-refractivity contribution in [1.82, 2.24) is 0 Å². The molecule has 2 aromatic rings. The number of nitrogens with one attached hydrogen (secondary N) is 1. The topological polar surface area (TPSA) is 49.3 Å². The highest BCUT2D eigenvalue weighted by Gasteiger charge is 2.06. The normalized spacial score (nSPS) is 10.2. The summed E-state index contributed by atoms with van der Waals surface area (Å²) in [7, 11) is 0. The number of carbonyl (C=O) groups is 1. The van der Waals surface area contributed by atoms with Gasteiger partial charge in [0.25, 0.3) is 0 Å². The summed E-state index contributed by atoms with van der Waals surface area (Å²) in [4.78, 5) is 12.5. The average molecular weight is 338 g/mol. The summed E-state index contributed by atoms with van der Waals surface area (Å²) in [6, 6.07) is 14.4. The molecule has 0 aromatic heterocycles. The number of carbonyl (C=O) groups excluding carboxylic acids is 1. The molecule has 3 nitrogen and oxygen atoms in total. The Kier molecular flexibility index (Phi) is 4.87. The Bertz CT molecular complexity index is 589. The molecule has 2 rings (SSSR count). The summed E-state index contributed by atoms with van der Waals surface area (Å²) >= 11 is 4.65. The number of hydrogen-bond acceptors (Lipinski definition) is 3. The number of para-hydroxylation sites is 1. The van der Waals surface area contributed by atoms with Crippen LogP contribution in [0.4, 0.5) is 5.69 Å². The lowest BCUT2D eigenvalue weighted by molar-refractivity contribution is -0.113. The molecular formula is C14H12BrNO2S. The predicted molar refractivity (Wildman–Crippen MR) is 81.6 cm³/mol. The van der Waals surface area contributed by atoms with Gasteiger partial charge in [0.2, 0.25) is 5.91 Å². The summed E-state index contributed by atoms with van der Waals surface area (Å²) in [5.41, 5.74) is 0.747. The van der Waals surface area contributed by atoms with Gasteiger partial charge in [-0.1, -0.05) is 34.1 Å². The molecule has 0 radical (unpaired) electrons. The molecule has 0 heterocycles. The highest BCUT2D eigenvalue weighted by Crippen LogP contribution is 2.27. The molecule has 0 bridgehead atoms. The molecule has 2 aromatic carbocycles. The SMILES string of the molecule is O=C(CSc1ccccc1O)Nc1cccc(Br)c1. The summed E-state index contributed by atoms with van der Waals surface area (Å²) in [6.07, 6.45) is 0. The van der Waals surface area contributed by atoms with Crippen LogP contribution in [-0.2, 0) is 4.79 Å². The maximum atomic E-state index is 11.8. The molecule has 0 saturated heterocycles. The Labute approximate surface area is 124 Å². The van der Waals surface area contributed by atoms with Gasteiger partial charge >= 0.3 is 0 Å². The minimum Gasteiger partial charge on any atom is -0.507 e. The Morgan fingerprint density at radius 1 is 1.21 bits per heavy atom. The van der Waals surface area contributed by atoms with Gasteiger partial charge in [0.05, 0.1) is 5.75 Å². The minimum atomic E-state index is -0.105. The van der Waals surface area contributed by atoms with Crippen LogP contribution in [0.15, 0.2) is 57.9 Å². The van der Waals surface area contributed by atoms with E-state index in [4.69, 9.17) is 0 Å². The highest BCUT2D eigenvalue weighted by atomic mass is 79.9. The zero-order valence-corrected chi connectivity index (χ0v) is 12.4. The zero-order valence-electron chi connectivity index (χ0n) is 9.97. The van der Waals surface area contributed by atoms with E-state index in [0.717, 1.165) is 10.2 Å². The fourth-order valence-corrected chi connectivity index (χ4v) is 2.63. The van der Waals surface area contributed by atoms with Crippen LogP contribution < -0.4 is 5.32 Å². The first kappa shape index (κ1) is 14.0. The van der Waals surface area contributed by atoms with E-state index in [9.17, 15) is 9.90 Å². The van der Waals surface area contributed by atoms with Crippen LogP contribution in [0.1, 0.15) is 0 Å². The van der Waals surface area contributed by atoms with Gasteiger partial charge in [-0.2, -0.15) is 0 Å². The second kappa shape index (κ2) is 6.63. The van der Waals surface area contributed by atoms with Crippen molar-refractivity contribution in [2.24, 2.45) is 0 Å². The van der Waals surface area contributed by atoms with E-state index >= 15 is 0 Å². The van der Waals surface area contributed by atoms with E-state index in [1.165, 1.54) is 11.8 Å². The number of amides is 1. The summed E-state index contributed by atoms with van der Waals surface area (Å²) in [5, 5.41) is 12.4. The molecule has 0 atom stereocenters. The lowest BCUT2D eigenvalue weighted by Crippen LogP contribution is -2.13. The zero-order chi connectivity index (χ0) is 13.7. The van der Waals surface area contributed by atoms with Crippen LogP contribution in [0, 0.1) is 0 Å². The number of aromatic hydroxyl groups is 1. The van der Waals surface area contributed by atoms with Crippen LogP contribution in [0.3, 0.4) is 0 Å². The molecule has 0 spiro atoms. The van der Waals surface area contributed by atoms with Crippen molar-refractivity contribution in [3.63, 3.8) is 0 Å². The van der Waals surface area contributed by atoms with Crippen molar-refractivity contribution >= 4 is 39.3 Å². The summed E-state index contributed by atoms with van der Waals surface area (Å²) in [6.45, 7) is 0. The molecule has 19 heavy (non-hydrogen) atoms. The number of phenolic OH excluding ortho intramolecular Hbond substituents is 1. The number of benzene rings is 2. The molecule has 0 aliphatic heterocycles. The van der Waals surface area contributed by atoms with Crippen LogP contribution in [0.25, 0.3) is 0 Å². The van der Waals surface area contributed by atoms with Crippen LogP contribution in [0.2, 0.25) is 0 Å². The molecular weight excluding hydrogens is 326 g/mol. The van der Waals surface area contributed by atoms with E-state index in [0.29, 0.717) is 4.90 Å². The number of rotatable bonds is 4. The minimum absolute atomic E-state index is 0.105. The van der Waals surface area contributed by atoms with Gasteiger partial charge in [0, 0.05) is 15.1 Å². The van der Waals surface area contributed by atoms with Gasteiger partial charge < -0.3 is 10.4 Å². The molecule has 0 unspecified atom stereocenters. The van der Waals surface area contributed by atoms with Crippen molar-refractivity contribution in [3.8, 4) is 5.75 Å². The first-order valence-corrected chi connectivity index (χ1v) is 7.39. The van der Waals surface area contributed by atoms with Gasteiger partial charge in [-0.15, -0.1) is 11.8 Å². The highest BCUT2D eigenvalue weighted by molar-refractivity contribution is 9.10. The lowest BCUT2D eigenvalue weighted by atomic mass is 10.3. The lowest BCUT2D eigenvalue weighted by Gasteiger charge is -2.06. The van der Waals surface area contributed by atoms with Gasteiger partial charge in [0.1, 0.15) is 5.75 Å². The maximum Gasteiger partial charge on any atom is 0.234 e. The Balaban J connectivity index is 1.90. The second-order valence-electron chi connectivity index (χ2n) is 3.81.